The molecule has 0 amide bonds. The van der Waals surface area contributed by atoms with E-state index in [2.05, 4.69) is 29.0 Å². The highest BCUT2D eigenvalue weighted by Crippen LogP contribution is 2.33. The average Bonchev–Trinajstić information content (AvgIpc) is 2.81. The summed E-state index contributed by atoms with van der Waals surface area (Å²) in [6, 6.07) is 12.3. The fourth-order valence-electron chi connectivity index (χ4n) is 2.22. The normalized spacial score (nSPS) is 10.7. The van der Waals surface area contributed by atoms with Crippen molar-refractivity contribution in [2.24, 2.45) is 0 Å². The molecule has 0 fully saturated rings. The van der Waals surface area contributed by atoms with E-state index in [-0.39, 0.29) is 0 Å². The predicted octanol–water partition coefficient (Wildman–Crippen LogP) is 3.69. The molecule has 3 aromatic rings. The van der Waals surface area contributed by atoms with Crippen molar-refractivity contribution in [2.45, 2.75) is 13.3 Å². The quantitative estimate of drug-likeness (QED) is 0.796. The number of nitrogens with two attached hydrogens (primary N) is 1. The molecule has 1 aromatic carbocycles. The Labute approximate surface area is 122 Å². The second kappa shape index (κ2) is 5.43. The standard InChI is InChI=1S/C16H15N3S/c1-11-4-2-3-5-13(11)15-14(20-16(17)19-15)10-12-6-8-18-9-7-12/h2-9H,10H2,1H3,(H2,17,19). The molecule has 3 rings (SSSR count). The van der Waals surface area contributed by atoms with Gasteiger partial charge in [-0.15, -0.1) is 11.3 Å². The zero-order chi connectivity index (χ0) is 13.9. The number of thiazole rings is 1. The van der Waals surface area contributed by atoms with Crippen molar-refractivity contribution in [1.82, 2.24) is 9.97 Å². The van der Waals surface area contributed by atoms with Gasteiger partial charge in [0, 0.05) is 29.3 Å². The molecule has 0 atom stereocenters. The molecule has 0 aliphatic carbocycles. The zero-order valence-corrected chi connectivity index (χ0v) is 12.0. The van der Waals surface area contributed by atoms with Crippen molar-refractivity contribution in [3.8, 4) is 11.3 Å². The monoisotopic (exact) mass is 281 g/mol. The Bertz CT molecular complexity index is 720. The Morgan fingerprint density at radius 1 is 1.10 bits per heavy atom. The summed E-state index contributed by atoms with van der Waals surface area (Å²) in [6.45, 7) is 2.10. The summed E-state index contributed by atoms with van der Waals surface area (Å²) in [6.07, 6.45) is 4.46. The molecule has 4 heteroatoms. The molecular weight excluding hydrogens is 266 g/mol. The minimum Gasteiger partial charge on any atom is -0.375 e. The van der Waals surface area contributed by atoms with Gasteiger partial charge in [0.15, 0.2) is 5.13 Å². The first kappa shape index (κ1) is 12.8. The Morgan fingerprint density at radius 2 is 1.85 bits per heavy atom. The molecule has 0 radical (unpaired) electrons. The highest BCUT2D eigenvalue weighted by Gasteiger charge is 2.13. The van der Waals surface area contributed by atoms with Gasteiger partial charge in [-0.2, -0.15) is 0 Å². The highest BCUT2D eigenvalue weighted by atomic mass is 32.1. The van der Waals surface area contributed by atoms with E-state index in [9.17, 15) is 0 Å². The highest BCUT2D eigenvalue weighted by molar-refractivity contribution is 7.15. The number of hydrogen-bond acceptors (Lipinski definition) is 4. The van der Waals surface area contributed by atoms with Crippen molar-refractivity contribution in [2.75, 3.05) is 5.73 Å². The van der Waals surface area contributed by atoms with E-state index in [1.54, 1.807) is 11.3 Å². The molecule has 0 aliphatic rings. The maximum absolute atomic E-state index is 5.92. The number of nitrogens with zero attached hydrogens (tertiary/aromatic N) is 2. The van der Waals surface area contributed by atoms with Crippen LogP contribution in [0.5, 0.6) is 0 Å². The van der Waals surface area contributed by atoms with Crippen LogP contribution < -0.4 is 5.73 Å². The maximum atomic E-state index is 5.92. The zero-order valence-electron chi connectivity index (χ0n) is 11.2. The number of hydrogen-bond donors (Lipinski definition) is 1. The second-order valence-corrected chi connectivity index (χ2v) is 5.79. The van der Waals surface area contributed by atoms with Gasteiger partial charge >= 0.3 is 0 Å². The lowest BCUT2D eigenvalue weighted by Crippen LogP contribution is -1.91. The predicted molar refractivity (Wildman–Crippen MR) is 83.7 cm³/mol. The van der Waals surface area contributed by atoms with Crippen molar-refractivity contribution in [3.63, 3.8) is 0 Å². The maximum Gasteiger partial charge on any atom is 0.180 e. The van der Waals surface area contributed by atoms with Gasteiger partial charge in [0.05, 0.1) is 5.69 Å². The summed E-state index contributed by atoms with van der Waals surface area (Å²) in [5, 5.41) is 0.618. The van der Waals surface area contributed by atoms with Crippen LogP contribution in [0.25, 0.3) is 11.3 Å². The lowest BCUT2D eigenvalue weighted by atomic mass is 10.0. The molecule has 0 unspecified atom stereocenters. The lowest BCUT2D eigenvalue weighted by Gasteiger charge is -2.05. The first-order valence-electron chi connectivity index (χ1n) is 6.44. The number of anilines is 1. The van der Waals surface area contributed by atoms with Gasteiger partial charge in [-0.25, -0.2) is 4.98 Å². The molecular formula is C16H15N3S. The van der Waals surface area contributed by atoms with E-state index in [0.29, 0.717) is 5.13 Å². The lowest BCUT2D eigenvalue weighted by molar-refractivity contribution is 1.18. The van der Waals surface area contributed by atoms with E-state index in [1.165, 1.54) is 16.0 Å². The summed E-state index contributed by atoms with van der Waals surface area (Å²) in [5.41, 5.74) is 10.5. The van der Waals surface area contributed by atoms with Gasteiger partial charge in [-0.05, 0) is 30.2 Å². The third-order valence-corrected chi connectivity index (χ3v) is 4.11. The molecule has 0 saturated carbocycles. The Hall–Kier alpha value is -2.20. The van der Waals surface area contributed by atoms with Crippen LogP contribution in [0.1, 0.15) is 16.0 Å². The molecule has 2 aromatic heterocycles. The Morgan fingerprint density at radius 3 is 2.60 bits per heavy atom. The van der Waals surface area contributed by atoms with Crippen LogP contribution in [-0.2, 0) is 6.42 Å². The second-order valence-electron chi connectivity index (χ2n) is 4.67. The summed E-state index contributed by atoms with van der Waals surface area (Å²) in [4.78, 5) is 9.77. The average molecular weight is 281 g/mol. The van der Waals surface area contributed by atoms with Crippen LogP contribution in [0.4, 0.5) is 5.13 Å². The van der Waals surface area contributed by atoms with E-state index in [1.807, 2.05) is 36.7 Å². The van der Waals surface area contributed by atoms with Crippen molar-refractivity contribution < 1.29 is 0 Å². The molecule has 2 heterocycles. The largest absolute Gasteiger partial charge is 0.375 e. The SMILES string of the molecule is Cc1ccccc1-c1nc(N)sc1Cc1ccncc1. The molecule has 3 nitrogen and oxygen atoms in total. The fraction of sp³-hybridized carbons (Fsp3) is 0.125. The van der Waals surface area contributed by atoms with E-state index in [0.717, 1.165) is 17.7 Å². The molecule has 0 spiro atoms. The Kier molecular flexibility index (Phi) is 3.48. The van der Waals surface area contributed by atoms with Gasteiger partial charge in [-0.3, -0.25) is 4.98 Å². The molecule has 100 valence electrons. The van der Waals surface area contributed by atoms with Crippen molar-refractivity contribution in [1.29, 1.82) is 0 Å². The first-order valence-corrected chi connectivity index (χ1v) is 7.26. The number of nitrogen functional groups attached to an aromatic ring is 1. The first-order chi connectivity index (χ1) is 9.74. The number of aryl methyl sites for hydroxylation is 1. The third kappa shape index (κ3) is 2.56. The third-order valence-electron chi connectivity index (χ3n) is 3.23. The summed E-state index contributed by atoms with van der Waals surface area (Å²) < 4.78 is 0. The topological polar surface area (TPSA) is 51.8 Å². The van der Waals surface area contributed by atoms with Gasteiger partial charge in [-0.1, -0.05) is 24.3 Å². The number of pyridine rings is 1. The molecule has 0 saturated heterocycles. The number of benzene rings is 1. The van der Waals surface area contributed by atoms with Gasteiger partial charge in [0.2, 0.25) is 0 Å². The van der Waals surface area contributed by atoms with Gasteiger partial charge in [0.1, 0.15) is 0 Å². The molecule has 20 heavy (non-hydrogen) atoms. The van der Waals surface area contributed by atoms with Crippen LogP contribution in [0.2, 0.25) is 0 Å². The van der Waals surface area contributed by atoms with Gasteiger partial charge < -0.3 is 5.73 Å². The van der Waals surface area contributed by atoms with E-state index >= 15 is 0 Å². The molecule has 0 aliphatic heterocycles. The van der Waals surface area contributed by atoms with Crippen molar-refractivity contribution in [3.05, 3.63) is 64.8 Å². The van der Waals surface area contributed by atoms with Crippen LogP contribution in [0.15, 0.2) is 48.8 Å². The van der Waals surface area contributed by atoms with E-state index in [4.69, 9.17) is 5.73 Å². The van der Waals surface area contributed by atoms with Crippen LogP contribution in [0.3, 0.4) is 0 Å². The summed E-state index contributed by atoms with van der Waals surface area (Å²) in [5.74, 6) is 0. The Balaban J connectivity index is 2.03. The van der Waals surface area contributed by atoms with E-state index < -0.39 is 0 Å². The van der Waals surface area contributed by atoms with Gasteiger partial charge in [0.25, 0.3) is 0 Å². The molecule has 0 bridgehead atoms. The minimum atomic E-state index is 0.618. The minimum absolute atomic E-state index is 0.618. The number of aromatic nitrogens is 2. The smallest absolute Gasteiger partial charge is 0.180 e. The summed E-state index contributed by atoms with van der Waals surface area (Å²) in [7, 11) is 0. The summed E-state index contributed by atoms with van der Waals surface area (Å²) >= 11 is 1.56. The fourth-order valence-corrected chi connectivity index (χ4v) is 3.11. The van der Waals surface area contributed by atoms with Crippen molar-refractivity contribution >= 4 is 16.5 Å². The number of rotatable bonds is 3. The van der Waals surface area contributed by atoms with Crippen LogP contribution in [-0.4, -0.2) is 9.97 Å². The van der Waals surface area contributed by atoms with Crippen LogP contribution in [0, 0.1) is 6.92 Å². The van der Waals surface area contributed by atoms with Crippen LogP contribution >= 0.6 is 11.3 Å². The molecule has 2 N–H and O–H groups in total.